The maximum absolute atomic E-state index is 13.3. The lowest BCUT2D eigenvalue weighted by molar-refractivity contribution is 0.415. The fourth-order valence-electron chi connectivity index (χ4n) is 2.94. The first-order chi connectivity index (χ1) is 12.7. The highest BCUT2D eigenvalue weighted by Crippen LogP contribution is 2.39. The molecule has 2 nitrogen and oxygen atoms in total. The predicted octanol–water partition coefficient (Wildman–Crippen LogP) is 6.43. The zero-order chi connectivity index (χ0) is 17.9. The summed E-state index contributed by atoms with van der Waals surface area (Å²) in [6, 6.07) is 26.1. The van der Waals surface area contributed by atoms with Crippen LogP contribution in [0.5, 0.6) is 5.75 Å². The van der Waals surface area contributed by atoms with Crippen LogP contribution < -0.4 is 4.74 Å². The first-order valence-electron chi connectivity index (χ1n) is 8.34. The van der Waals surface area contributed by atoms with E-state index in [9.17, 15) is 4.39 Å². The van der Waals surface area contributed by atoms with Gasteiger partial charge in [0.2, 0.25) is 0 Å². The van der Waals surface area contributed by atoms with Crippen molar-refractivity contribution in [3.63, 3.8) is 0 Å². The van der Waals surface area contributed by atoms with E-state index in [1.54, 1.807) is 19.2 Å². The molecule has 0 unspecified atom stereocenters. The Hall–Kier alpha value is -3.33. The molecule has 4 aromatic rings. The number of rotatable bonds is 4. The van der Waals surface area contributed by atoms with Crippen LogP contribution in [0.2, 0.25) is 0 Å². The molecule has 0 bridgehead atoms. The van der Waals surface area contributed by atoms with Crippen molar-refractivity contribution in [3.05, 3.63) is 90.7 Å². The molecule has 0 amide bonds. The van der Waals surface area contributed by atoms with E-state index in [-0.39, 0.29) is 5.82 Å². The van der Waals surface area contributed by atoms with Crippen molar-refractivity contribution < 1.29 is 13.5 Å². The van der Waals surface area contributed by atoms with Crippen molar-refractivity contribution in [1.82, 2.24) is 0 Å². The van der Waals surface area contributed by atoms with Crippen LogP contribution in [-0.2, 0) is 0 Å². The number of furan rings is 1. The summed E-state index contributed by atoms with van der Waals surface area (Å²) in [6.45, 7) is 0. The highest BCUT2D eigenvalue weighted by Gasteiger charge is 2.16. The van der Waals surface area contributed by atoms with Gasteiger partial charge < -0.3 is 9.15 Å². The summed E-state index contributed by atoms with van der Waals surface area (Å²) in [5.74, 6) is 2.01. The predicted molar refractivity (Wildman–Crippen MR) is 102 cm³/mol. The van der Waals surface area contributed by atoms with Crippen LogP contribution in [0.3, 0.4) is 0 Å². The zero-order valence-electron chi connectivity index (χ0n) is 14.3. The lowest BCUT2D eigenvalue weighted by Crippen LogP contribution is -1.81. The standard InChI is InChI=1S/C23H17FO2/c1-25-20-13-9-17(10-14-20)22-15-21(16-5-3-2-4-6-16)23(26-22)18-7-11-19(24)12-8-18/h2-15H,1H3. The minimum Gasteiger partial charge on any atom is -0.497 e. The van der Waals surface area contributed by atoms with E-state index in [4.69, 9.17) is 9.15 Å². The summed E-state index contributed by atoms with van der Waals surface area (Å²) in [5.41, 5.74) is 3.82. The SMILES string of the molecule is COc1ccc(-c2cc(-c3ccccc3)c(-c3ccc(F)cc3)o2)cc1. The number of halogens is 1. The molecule has 0 aliphatic heterocycles. The van der Waals surface area contributed by atoms with Gasteiger partial charge in [-0.3, -0.25) is 0 Å². The van der Waals surface area contributed by atoms with E-state index in [0.29, 0.717) is 0 Å². The van der Waals surface area contributed by atoms with Crippen molar-refractivity contribution in [2.75, 3.05) is 7.11 Å². The molecule has 128 valence electrons. The summed E-state index contributed by atoms with van der Waals surface area (Å²) in [7, 11) is 1.64. The van der Waals surface area contributed by atoms with Gasteiger partial charge in [0, 0.05) is 16.7 Å². The minimum atomic E-state index is -0.267. The highest BCUT2D eigenvalue weighted by atomic mass is 19.1. The quantitative estimate of drug-likeness (QED) is 0.426. The van der Waals surface area contributed by atoms with Gasteiger partial charge in [-0.2, -0.15) is 0 Å². The van der Waals surface area contributed by atoms with Gasteiger partial charge in [0.1, 0.15) is 23.1 Å². The second-order valence-corrected chi connectivity index (χ2v) is 5.95. The second kappa shape index (κ2) is 6.89. The molecular formula is C23H17FO2. The summed E-state index contributed by atoms with van der Waals surface area (Å²) < 4.78 is 24.7. The number of hydrogen-bond acceptors (Lipinski definition) is 2. The molecule has 0 radical (unpaired) electrons. The van der Waals surface area contributed by atoms with Crippen LogP contribution in [0, 0.1) is 5.82 Å². The van der Waals surface area contributed by atoms with Crippen molar-refractivity contribution >= 4 is 0 Å². The molecule has 0 N–H and O–H groups in total. The molecule has 0 aliphatic rings. The molecule has 1 heterocycles. The van der Waals surface area contributed by atoms with Crippen molar-refractivity contribution in [2.24, 2.45) is 0 Å². The molecule has 3 heteroatoms. The van der Waals surface area contributed by atoms with E-state index >= 15 is 0 Å². The summed E-state index contributed by atoms with van der Waals surface area (Å²) >= 11 is 0. The molecule has 0 fully saturated rings. The molecule has 0 saturated heterocycles. The maximum atomic E-state index is 13.3. The van der Waals surface area contributed by atoms with Crippen molar-refractivity contribution in [1.29, 1.82) is 0 Å². The molecule has 1 aromatic heterocycles. The minimum absolute atomic E-state index is 0.267. The average molecular weight is 344 g/mol. The summed E-state index contributed by atoms with van der Waals surface area (Å²) in [5, 5.41) is 0. The Bertz CT molecular complexity index is 1000. The number of ether oxygens (including phenoxy) is 1. The third kappa shape index (κ3) is 3.11. The van der Waals surface area contributed by atoms with E-state index in [1.807, 2.05) is 60.7 Å². The molecule has 4 rings (SSSR count). The molecular weight excluding hydrogens is 327 g/mol. The van der Waals surface area contributed by atoms with Crippen LogP contribution in [0.1, 0.15) is 0 Å². The van der Waals surface area contributed by atoms with Crippen molar-refractivity contribution in [3.8, 4) is 39.5 Å². The van der Waals surface area contributed by atoms with Gasteiger partial charge in [0.25, 0.3) is 0 Å². The molecule has 0 saturated carbocycles. The van der Waals surface area contributed by atoms with Crippen LogP contribution in [0.15, 0.2) is 89.3 Å². The van der Waals surface area contributed by atoms with Crippen LogP contribution >= 0.6 is 0 Å². The van der Waals surface area contributed by atoms with Crippen LogP contribution in [0.4, 0.5) is 4.39 Å². The third-order valence-electron chi connectivity index (χ3n) is 4.30. The molecule has 26 heavy (non-hydrogen) atoms. The van der Waals surface area contributed by atoms with Gasteiger partial charge in [-0.05, 0) is 60.2 Å². The lowest BCUT2D eigenvalue weighted by Gasteiger charge is -2.03. The molecule has 0 spiro atoms. The Labute approximate surface area is 151 Å². The third-order valence-corrected chi connectivity index (χ3v) is 4.30. The first-order valence-corrected chi connectivity index (χ1v) is 8.34. The largest absolute Gasteiger partial charge is 0.497 e. The smallest absolute Gasteiger partial charge is 0.142 e. The first kappa shape index (κ1) is 16.2. The molecule has 0 aliphatic carbocycles. The van der Waals surface area contributed by atoms with E-state index in [0.717, 1.165) is 39.5 Å². The van der Waals surface area contributed by atoms with Gasteiger partial charge in [-0.1, -0.05) is 30.3 Å². The van der Waals surface area contributed by atoms with Gasteiger partial charge in [0.05, 0.1) is 7.11 Å². The average Bonchev–Trinajstić information content (AvgIpc) is 3.15. The maximum Gasteiger partial charge on any atom is 0.142 e. The number of methoxy groups -OCH3 is 1. The number of benzene rings is 3. The zero-order valence-corrected chi connectivity index (χ0v) is 14.3. The Kier molecular flexibility index (Phi) is 4.28. The molecule has 3 aromatic carbocycles. The normalized spacial score (nSPS) is 10.7. The fraction of sp³-hybridized carbons (Fsp3) is 0.0435. The van der Waals surface area contributed by atoms with E-state index < -0.39 is 0 Å². The van der Waals surface area contributed by atoms with E-state index in [1.165, 1.54) is 12.1 Å². The highest BCUT2D eigenvalue weighted by molar-refractivity contribution is 5.83. The van der Waals surface area contributed by atoms with Crippen LogP contribution in [0.25, 0.3) is 33.8 Å². The fourth-order valence-corrected chi connectivity index (χ4v) is 2.94. The van der Waals surface area contributed by atoms with Gasteiger partial charge in [-0.15, -0.1) is 0 Å². The van der Waals surface area contributed by atoms with Crippen molar-refractivity contribution in [2.45, 2.75) is 0 Å². The lowest BCUT2D eigenvalue weighted by atomic mass is 10.0. The van der Waals surface area contributed by atoms with E-state index in [2.05, 4.69) is 0 Å². The Morgan fingerprint density at radius 2 is 1.38 bits per heavy atom. The number of hydrogen-bond donors (Lipinski definition) is 0. The molecule has 0 atom stereocenters. The Balaban J connectivity index is 1.85. The van der Waals surface area contributed by atoms with Gasteiger partial charge in [0.15, 0.2) is 0 Å². The monoisotopic (exact) mass is 344 g/mol. The second-order valence-electron chi connectivity index (χ2n) is 5.95. The Morgan fingerprint density at radius 3 is 2.04 bits per heavy atom. The Morgan fingerprint density at radius 1 is 0.731 bits per heavy atom. The summed E-state index contributed by atoms with van der Waals surface area (Å²) in [6.07, 6.45) is 0. The van der Waals surface area contributed by atoms with Gasteiger partial charge in [-0.25, -0.2) is 4.39 Å². The van der Waals surface area contributed by atoms with Crippen LogP contribution in [-0.4, -0.2) is 7.11 Å². The van der Waals surface area contributed by atoms with Gasteiger partial charge >= 0.3 is 0 Å². The topological polar surface area (TPSA) is 22.4 Å². The summed E-state index contributed by atoms with van der Waals surface area (Å²) in [4.78, 5) is 0.